The van der Waals surface area contributed by atoms with Gasteiger partial charge in [0.25, 0.3) is 0 Å². The highest BCUT2D eigenvalue weighted by Crippen LogP contribution is 2.47. The molecule has 0 radical (unpaired) electrons. The van der Waals surface area contributed by atoms with Crippen LogP contribution in [0.4, 0.5) is 4.79 Å². The number of hydrogen-bond donors (Lipinski definition) is 1. The summed E-state index contributed by atoms with van der Waals surface area (Å²) < 4.78 is 5.40. The van der Waals surface area contributed by atoms with Crippen molar-refractivity contribution in [2.45, 2.75) is 64.1 Å². The number of rotatable bonds is 4. The highest BCUT2D eigenvalue weighted by molar-refractivity contribution is 5.80. The highest BCUT2D eigenvalue weighted by atomic mass is 16.6. The normalized spacial score (nSPS) is 23.3. The zero-order valence-corrected chi connectivity index (χ0v) is 15.5. The minimum atomic E-state index is -0.514. The summed E-state index contributed by atoms with van der Waals surface area (Å²) in [7, 11) is 0. The zero-order valence-electron chi connectivity index (χ0n) is 15.5. The third kappa shape index (κ3) is 3.97. The van der Waals surface area contributed by atoms with Crippen molar-refractivity contribution < 1.29 is 14.3 Å². The topological polar surface area (TPSA) is 58.6 Å². The van der Waals surface area contributed by atoms with Gasteiger partial charge in [-0.05, 0) is 46.1 Å². The number of nitrogens with one attached hydrogen (secondary N) is 1. The van der Waals surface area contributed by atoms with E-state index >= 15 is 0 Å². The predicted molar refractivity (Wildman–Crippen MR) is 96.0 cm³/mol. The van der Waals surface area contributed by atoms with Crippen LogP contribution < -0.4 is 5.32 Å². The van der Waals surface area contributed by atoms with Crippen LogP contribution in [0.25, 0.3) is 0 Å². The first-order valence-corrected chi connectivity index (χ1v) is 9.06. The molecular weight excluding hydrogens is 316 g/mol. The lowest BCUT2D eigenvalue weighted by atomic mass is 9.96. The SMILES string of the molecule is CC(c1ccccc1)N1CC(C2(NC(=O)OC(C)(C)C)CC2)CC1=O. The van der Waals surface area contributed by atoms with Gasteiger partial charge in [0.15, 0.2) is 0 Å². The molecule has 0 bridgehead atoms. The Labute approximate surface area is 149 Å². The van der Waals surface area contributed by atoms with E-state index in [2.05, 4.69) is 24.4 Å². The molecule has 1 saturated heterocycles. The number of carbonyl (C=O) groups is 2. The standard InChI is InChI=1S/C20H28N2O3/c1-14(15-8-6-5-7-9-15)22-13-16(12-17(22)23)20(10-11-20)21-18(24)25-19(2,3)4/h5-9,14,16H,10-13H2,1-4H3,(H,21,24). The number of alkyl carbamates (subject to hydrolysis) is 1. The fraction of sp³-hybridized carbons (Fsp3) is 0.600. The van der Waals surface area contributed by atoms with E-state index in [9.17, 15) is 9.59 Å². The first-order valence-electron chi connectivity index (χ1n) is 9.06. The number of likely N-dealkylation sites (tertiary alicyclic amines) is 1. The molecule has 25 heavy (non-hydrogen) atoms. The van der Waals surface area contributed by atoms with Gasteiger partial charge >= 0.3 is 6.09 Å². The van der Waals surface area contributed by atoms with Crippen molar-refractivity contribution in [3.8, 4) is 0 Å². The molecule has 1 aliphatic heterocycles. The molecule has 2 fully saturated rings. The van der Waals surface area contributed by atoms with Crippen LogP contribution in [-0.4, -0.2) is 34.6 Å². The van der Waals surface area contributed by atoms with Gasteiger partial charge in [-0.15, -0.1) is 0 Å². The Morgan fingerprint density at radius 2 is 1.92 bits per heavy atom. The Kier molecular flexibility index (Phi) is 4.52. The molecular formula is C20H28N2O3. The van der Waals surface area contributed by atoms with E-state index in [0.717, 1.165) is 18.4 Å². The number of carbonyl (C=O) groups excluding carboxylic acids is 2. The van der Waals surface area contributed by atoms with Gasteiger partial charge < -0.3 is 15.0 Å². The van der Waals surface area contributed by atoms with Gasteiger partial charge in [-0.2, -0.15) is 0 Å². The van der Waals surface area contributed by atoms with Gasteiger partial charge in [-0.25, -0.2) is 4.79 Å². The second kappa shape index (κ2) is 6.36. The number of hydrogen-bond acceptors (Lipinski definition) is 3. The Morgan fingerprint density at radius 3 is 2.48 bits per heavy atom. The third-order valence-electron chi connectivity index (χ3n) is 5.23. The largest absolute Gasteiger partial charge is 0.444 e. The first-order chi connectivity index (χ1) is 11.7. The van der Waals surface area contributed by atoms with Crippen LogP contribution in [0.1, 0.15) is 58.6 Å². The first kappa shape index (κ1) is 17.8. The summed E-state index contributed by atoms with van der Waals surface area (Å²) in [5, 5.41) is 3.05. The zero-order chi connectivity index (χ0) is 18.2. The molecule has 2 aliphatic rings. The molecule has 1 heterocycles. The molecule has 136 valence electrons. The van der Waals surface area contributed by atoms with Crippen LogP contribution in [0, 0.1) is 5.92 Å². The molecule has 2 unspecified atom stereocenters. The number of benzene rings is 1. The Hall–Kier alpha value is -2.04. The summed E-state index contributed by atoms with van der Waals surface area (Å²) in [6.45, 7) is 8.32. The number of amides is 2. The van der Waals surface area contributed by atoms with Gasteiger partial charge in [0.2, 0.25) is 5.91 Å². The molecule has 5 heteroatoms. The van der Waals surface area contributed by atoms with Crippen molar-refractivity contribution in [2.75, 3.05) is 6.54 Å². The highest BCUT2D eigenvalue weighted by Gasteiger charge is 2.55. The van der Waals surface area contributed by atoms with E-state index in [-0.39, 0.29) is 29.5 Å². The summed E-state index contributed by atoms with van der Waals surface area (Å²) in [6, 6.07) is 10.1. The minimum Gasteiger partial charge on any atom is -0.444 e. The van der Waals surface area contributed by atoms with Crippen LogP contribution in [0.2, 0.25) is 0 Å². The number of nitrogens with zero attached hydrogens (tertiary/aromatic N) is 1. The lowest BCUT2D eigenvalue weighted by Gasteiger charge is -2.29. The molecule has 1 saturated carbocycles. The van der Waals surface area contributed by atoms with Gasteiger partial charge in [-0.1, -0.05) is 30.3 Å². The van der Waals surface area contributed by atoms with E-state index < -0.39 is 5.60 Å². The molecule has 1 aromatic carbocycles. The van der Waals surface area contributed by atoms with Gasteiger partial charge in [0.1, 0.15) is 5.60 Å². The summed E-state index contributed by atoms with van der Waals surface area (Å²) in [5.41, 5.74) is 0.351. The summed E-state index contributed by atoms with van der Waals surface area (Å²) in [5.74, 6) is 0.317. The fourth-order valence-corrected chi connectivity index (χ4v) is 3.66. The van der Waals surface area contributed by atoms with Crippen molar-refractivity contribution in [1.29, 1.82) is 0 Å². The van der Waals surface area contributed by atoms with Crippen LogP contribution in [0.5, 0.6) is 0 Å². The molecule has 5 nitrogen and oxygen atoms in total. The van der Waals surface area contributed by atoms with Crippen molar-refractivity contribution in [2.24, 2.45) is 5.92 Å². The second-order valence-electron chi connectivity index (χ2n) is 8.32. The Bertz CT molecular complexity index is 647. The van der Waals surface area contributed by atoms with Gasteiger partial charge in [-0.3, -0.25) is 4.79 Å². The fourth-order valence-electron chi connectivity index (χ4n) is 3.66. The van der Waals surface area contributed by atoms with Gasteiger partial charge in [0.05, 0.1) is 6.04 Å². The van der Waals surface area contributed by atoms with Crippen LogP contribution in [0.15, 0.2) is 30.3 Å². The van der Waals surface area contributed by atoms with Crippen molar-refractivity contribution >= 4 is 12.0 Å². The average molecular weight is 344 g/mol. The van der Waals surface area contributed by atoms with Crippen molar-refractivity contribution in [1.82, 2.24) is 10.2 Å². The second-order valence-corrected chi connectivity index (χ2v) is 8.32. The molecule has 2 amide bonds. The summed E-state index contributed by atoms with van der Waals surface area (Å²) in [4.78, 5) is 26.7. The molecule has 0 spiro atoms. The summed E-state index contributed by atoms with van der Waals surface area (Å²) in [6.07, 6.45) is 1.94. The van der Waals surface area contributed by atoms with E-state index in [0.29, 0.717) is 13.0 Å². The molecule has 1 aromatic rings. The van der Waals surface area contributed by atoms with Gasteiger partial charge in [0, 0.05) is 24.4 Å². The summed E-state index contributed by atoms with van der Waals surface area (Å²) >= 11 is 0. The molecule has 1 aliphatic carbocycles. The minimum absolute atomic E-state index is 0.0519. The van der Waals surface area contributed by atoms with Crippen LogP contribution in [0.3, 0.4) is 0 Å². The molecule has 0 aromatic heterocycles. The monoisotopic (exact) mass is 344 g/mol. The maximum Gasteiger partial charge on any atom is 0.408 e. The lowest BCUT2D eigenvalue weighted by molar-refractivity contribution is -0.129. The maximum atomic E-state index is 12.6. The Morgan fingerprint density at radius 1 is 1.28 bits per heavy atom. The van der Waals surface area contributed by atoms with Crippen LogP contribution in [-0.2, 0) is 9.53 Å². The smallest absolute Gasteiger partial charge is 0.408 e. The lowest BCUT2D eigenvalue weighted by Crippen LogP contribution is -2.45. The molecule has 2 atom stereocenters. The predicted octanol–water partition coefficient (Wildman–Crippen LogP) is 3.65. The van der Waals surface area contributed by atoms with E-state index in [1.165, 1.54) is 0 Å². The van der Waals surface area contributed by atoms with Crippen LogP contribution >= 0.6 is 0 Å². The number of ether oxygens (including phenoxy) is 1. The Balaban J connectivity index is 1.65. The van der Waals surface area contributed by atoms with Crippen molar-refractivity contribution in [3.05, 3.63) is 35.9 Å². The molecule has 3 rings (SSSR count). The van der Waals surface area contributed by atoms with Crippen molar-refractivity contribution in [3.63, 3.8) is 0 Å². The van der Waals surface area contributed by atoms with E-state index in [4.69, 9.17) is 4.74 Å². The third-order valence-corrected chi connectivity index (χ3v) is 5.23. The molecule has 1 N–H and O–H groups in total. The quantitative estimate of drug-likeness (QED) is 0.907. The maximum absolute atomic E-state index is 12.6. The average Bonchev–Trinajstić information content (AvgIpc) is 3.19. The van der Waals surface area contributed by atoms with E-state index in [1.807, 2.05) is 43.9 Å². The van der Waals surface area contributed by atoms with E-state index in [1.54, 1.807) is 0 Å².